The van der Waals surface area contributed by atoms with Crippen molar-refractivity contribution in [1.82, 2.24) is 5.32 Å². The minimum atomic E-state index is -3.80. The highest BCUT2D eigenvalue weighted by Crippen LogP contribution is 2.26. The van der Waals surface area contributed by atoms with Crippen molar-refractivity contribution < 1.29 is 13.2 Å². The van der Waals surface area contributed by atoms with Gasteiger partial charge in [-0.05, 0) is 22.8 Å². The van der Waals surface area contributed by atoms with Crippen LogP contribution in [0.2, 0.25) is 0 Å². The van der Waals surface area contributed by atoms with Crippen LogP contribution in [0, 0.1) is 0 Å². The predicted molar refractivity (Wildman–Crippen MR) is 105 cm³/mol. The molecule has 0 spiro atoms. The smallest absolute Gasteiger partial charge is 0.238 e. The number of hydrogen-bond acceptors (Lipinski definition) is 3. The molecule has 0 fully saturated rings. The summed E-state index contributed by atoms with van der Waals surface area (Å²) >= 11 is 0. The topological polar surface area (TPSA) is 89.3 Å². The highest BCUT2D eigenvalue weighted by atomic mass is 32.2. The molecule has 0 heterocycles. The Balaban J connectivity index is 1.67. The molecule has 0 unspecified atom stereocenters. The fourth-order valence-corrected chi connectivity index (χ4v) is 3.56. The number of carbonyl (C=O) groups is 1. The van der Waals surface area contributed by atoms with Crippen LogP contribution in [-0.2, 0) is 27.8 Å². The van der Waals surface area contributed by atoms with E-state index in [2.05, 4.69) is 5.32 Å². The van der Waals surface area contributed by atoms with Crippen molar-refractivity contribution in [1.29, 1.82) is 0 Å². The summed E-state index contributed by atoms with van der Waals surface area (Å²) in [5, 5.41) is 8.18. The summed E-state index contributed by atoms with van der Waals surface area (Å²) in [6.45, 7) is 0.406. The third-order valence-electron chi connectivity index (χ3n) is 4.16. The van der Waals surface area contributed by atoms with Crippen LogP contribution in [0.3, 0.4) is 0 Å². The van der Waals surface area contributed by atoms with Gasteiger partial charge in [0.1, 0.15) is 0 Å². The van der Waals surface area contributed by atoms with Gasteiger partial charge in [-0.25, -0.2) is 13.6 Å². The van der Waals surface area contributed by atoms with Gasteiger partial charge >= 0.3 is 0 Å². The minimum Gasteiger partial charge on any atom is -0.352 e. The van der Waals surface area contributed by atoms with Crippen molar-refractivity contribution in [2.75, 3.05) is 0 Å². The van der Waals surface area contributed by atoms with Crippen LogP contribution in [-0.4, -0.2) is 14.3 Å². The Bertz CT molecular complexity index is 1030. The molecular weight excluding hydrogens is 360 g/mol. The number of carbonyl (C=O) groups excluding carboxylic acids is 1. The van der Waals surface area contributed by atoms with Crippen LogP contribution in [0.15, 0.2) is 83.8 Å². The molecule has 1 amide bonds. The van der Waals surface area contributed by atoms with Gasteiger partial charge in [-0.3, -0.25) is 4.79 Å². The lowest BCUT2D eigenvalue weighted by Crippen LogP contribution is -2.24. The van der Waals surface area contributed by atoms with E-state index >= 15 is 0 Å². The van der Waals surface area contributed by atoms with E-state index in [9.17, 15) is 13.2 Å². The average Bonchev–Trinajstić information content (AvgIpc) is 2.67. The van der Waals surface area contributed by atoms with Crippen LogP contribution in [0.25, 0.3) is 11.1 Å². The molecule has 6 heteroatoms. The van der Waals surface area contributed by atoms with Crippen LogP contribution >= 0.6 is 0 Å². The molecule has 27 heavy (non-hydrogen) atoms. The molecule has 0 aliphatic carbocycles. The molecule has 0 aliphatic rings. The average molecular weight is 380 g/mol. The number of nitrogens with one attached hydrogen (secondary N) is 1. The number of primary sulfonamides is 1. The van der Waals surface area contributed by atoms with E-state index in [1.807, 2.05) is 54.6 Å². The van der Waals surface area contributed by atoms with E-state index < -0.39 is 10.0 Å². The molecule has 0 bridgehead atoms. The van der Waals surface area contributed by atoms with Gasteiger partial charge in [0.2, 0.25) is 15.9 Å². The van der Waals surface area contributed by atoms with Crippen LogP contribution in [0.1, 0.15) is 11.1 Å². The lowest BCUT2D eigenvalue weighted by atomic mass is 10.0. The summed E-state index contributed by atoms with van der Waals surface area (Å²) in [4.78, 5) is 12.1. The van der Waals surface area contributed by atoms with Crippen molar-refractivity contribution in [2.45, 2.75) is 17.9 Å². The first-order chi connectivity index (χ1) is 12.9. The first-order valence-electron chi connectivity index (χ1n) is 8.45. The zero-order valence-electron chi connectivity index (χ0n) is 14.6. The Labute approximate surface area is 158 Å². The number of hydrogen-bond donors (Lipinski definition) is 2. The molecule has 5 nitrogen and oxygen atoms in total. The van der Waals surface area contributed by atoms with E-state index in [1.165, 1.54) is 6.07 Å². The first-order valence-corrected chi connectivity index (χ1v) is 10.00. The molecule has 0 saturated heterocycles. The van der Waals surface area contributed by atoms with Crippen LogP contribution in [0.4, 0.5) is 0 Å². The van der Waals surface area contributed by atoms with Crippen molar-refractivity contribution >= 4 is 15.9 Å². The zero-order chi connectivity index (χ0) is 19.3. The SMILES string of the molecule is NS(=O)(=O)c1ccccc1-c1ccc(CNC(=O)Cc2ccccc2)cc1. The van der Waals surface area contributed by atoms with Crippen LogP contribution in [0.5, 0.6) is 0 Å². The largest absolute Gasteiger partial charge is 0.352 e. The molecule has 0 aromatic heterocycles. The number of rotatable bonds is 6. The summed E-state index contributed by atoms with van der Waals surface area (Å²) in [5.74, 6) is -0.0511. The van der Waals surface area contributed by atoms with E-state index in [1.54, 1.807) is 18.2 Å². The van der Waals surface area contributed by atoms with Gasteiger partial charge in [-0.1, -0.05) is 72.8 Å². The second kappa shape index (κ2) is 8.16. The highest BCUT2D eigenvalue weighted by Gasteiger charge is 2.14. The molecule has 3 N–H and O–H groups in total. The molecule has 3 aromatic carbocycles. The molecule has 0 aliphatic heterocycles. The maximum absolute atomic E-state index is 12.0. The first kappa shape index (κ1) is 18.8. The second-order valence-electron chi connectivity index (χ2n) is 6.18. The number of amides is 1. The standard InChI is InChI=1S/C21H20N2O3S/c22-27(25,26)20-9-5-4-8-19(20)18-12-10-17(11-13-18)15-23-21(24)14-16-6-2-1-3-7-16/h1-13H,14-15H2,(H,23,24)(H2,22,25,26). The number of nitrogens with two attached hydrogens (primary N) is 1. The van der Waals surface area contributed by atoms with Gasteiger partial charge < -0.3 is 5.32 Å². The van der Waals surface area contributed by atoms with E-state index in [-0.39, 0.29) is 10.8 Å². The molecule has 3 aromatic rings. The fraction of sp³-hybridized carbons (Fsp3) is 0.0952. The van der Waals surface area contributed by atoms with Crippen LogP contribution < -0.4 is 10.5 Å². The summed E-state index contributed by atoms with van der Waals surface area (Å²) in [6, 6.07) is 23.5. The van der Waals surface area contributed by atoms with Crippen molar-refractivity contribution in [3.63, 3.8) is 0 Å². The van der Waals surface area contributed by atoms with Crippen molar-refractivity contribution in [3.8, 4) is 11.1 Å². The third kappa shape index (κ3) is 5.03. The lowest BCUT2D eigenvalue weighted by Gasteiger charge is -2.09. The van der Waals surface area contributed by atoms with Gasteiger partial charge in [0.05, 0.1) is 11.3 Å². The van der Waals surface area contributed by atoms with Crippen molar-refractivity contribution in [2.24, 2.45) is 5.14 Å². The molecular formula is C21H20N2O3S. The van der Waals surface area contributed by atoms with E-state index in [0.29, 0.717) is 18.5 Å². The number of sulfonamides is 1. The maximum Gasteiger partial charge on any atom is 0.238 e. The Hall–Kier alpha value is -2.96. The fourth-order valence-electron chi connectivity index (χ4n) is 2.80. The van der Waals surface area contributed by atoms with E-state index in [0.717, 1.165) is 16.7 Å². The molecule has 0 atom stereocenters. The zero-order valence-corrected chi connectivity index (χ0v) is 15.4. The Kier molecular flexibility index (Phi) is 5.69. The van der Waals surface area contributed by atoms with Gasteiger partial charge in [0.25, 0.3) is 0 Å². The van der Waals surface area contributed by atoms with Gasteiger partial charge in [-0.2, -0.15) is 0 Å². The van der Waals surface area contributed by atoms with Gasteiger partial charge in [0, 0.05) is 12.1 Å². The normalized spacial score (nSPS) is 11.1. The summed E-state index contributed by atoms with van der Waals surface area (Å²) in [5.41, 5.74) is 3.19. The minimum absolute atomic E-state index is 0.0511. The molecule has 0 radical (unpaired) electrons. The Morgan fingerprint density at radius 1 is 0.815 bits per heavy atom. The highest BCUT2D eigenvalue weighted by molar-refractivity contribution is 7.89. The maximum atomic E-state index is 12.0. The summed E-state index contributed by atoms with van der Waals surface area (Å²) in [7, 11) is -3.80. The predicted octanol–water partition coefficient (Wildman–Crippen LogP) is 2.86. The van der Waals surface area contributed by atoms with E-state index in [4.69, 9.17) is 5.14 Å². The molecule has 138 valence electrons. The Morgan fingerprint density at radius 3 is 2.11 bits per heavy atom. The monoisotopic (exact) mass is 380 g/mol. The third-order valence-corrected chi connectivity index (χ3v) is 5.12. The number of benzene rings is 3. The Morgan fingerprint density at radius 2 is 1.44 bits per heavy atom. The molecule has 0 saturated carbocycles. The van der Waals surface area contributed by atoms with Crippen molar-refractivity contribution in [3.05, 3.63) is 90.0 Å². The molecule has 3 rings (SSSR count). The second-order valence-corrected chi connectivity index (χ2v) is 7.71. The lowest BCUT2D eigenvalue weighted by molar-refractivity contribution is -0.120. The van der Waals surface area contributed by atoms with Gasteiger partial charge in [0.15, 0.2) is 0 Å². The summed E-state index contributed by atoms with van der Waals surface area (Å²) in [6.07, 6.45) is 0.334. The quantitative estimate of drug-likeness (QED) is 0.689. The van der Waals surface area contributed by atoms with Gasteiger partial charge in [-0.15, -0.1) is 0 Å². The summed E-state index contributed by atoms with van der Waals surface area (Å²) < 4.78 is 23.5.